The summed E-state index contributed by atoms with van der Waals surface area (Å²) in [6, 6.07) is 2.12. The molecular weight excluding hydrogens is 238 g/mol. The lowest BCUT2D eigenvalue weighted by Crippen LogP contribution is -2.37. The highest BCUT2D eigenvalue weighted by molar-refractivity contribution is 5.76. The maximum absolute atomic E-state index is 11.9. The van der Waals surface area contributed by atoms with Crippen LogP contribution in [0.15, 0.2) is 18.5 Å². The molecule has 0 aromatic carbocycles. The highest BCUT2D eigenvalue weighted by Crippen LogP contribution is 2.09. The quantitative estimate of drug-likeness (QED) is 0.823. The lowest BCUT2D eigenvalue weighted by Gasteiger charge is -2.26. The molecule has 1 N–H and O–H groups in total. The fourth-order valence-electron chi connectivity index (χ4n) is 2.44. The Hall–Kier alpha value is -1.42. The third-order valence-corrected chi connectivity index (χ3v) is 3.49. The van der Waals surface area contributed by atoms with Gasteiger partial charge in [-0.3, -0.25) is 9.78 Å². The summed E-state index contributed by atoms with van der Waals surface area (Å²) >= 11 is 0. The number of aromatic nitrogens is 1. The minimum Gasteiger partial charge on any atom is -0.343 e. The van der Waals surface area contributed by atoms with Crippen LogP contribution in [0, 0.1) is 6.92 Å². The van der Waals surface area contributed by atoms with Crippen molar-refractivity contribution in [2.24, 2.45) is 0 Å². The van der Waals surface area contributed by atoms with Crippen LogP contribution >= 0.6 is 0 Å². The summed E-state index contributed by atoms with van der Waals surface area (Å²) in [6.07, 6.45) is 7.90. The second-order valence-corrected chi connectivity index (χ2v) is 5.24. The highest BCUT2D eigenvalue weighted by Gasteiger charge is 2.15. The van der Waals surface area contributed by atoms with Gasteiger partial charge in [0.1, 0.15) is 0 Å². The van der Waals surface area contributed by atoms with Gasteiger partial charge >= 0.3 is 0 Å². The molecule has 1 aromatic heterocycles. The summed E-state index contributed by atoms with van der Waals surface area (Å²) in [6.45, 7) is 5.45. The minimum atomic E-state index is 0.287. The van der Waals surface area contributed by atoms with Gasteiger partial charge in [-0.1, -0.05) is 6.07 Å². The van der Waals surface area contributed by atoms with Crippen molar-refractivity contribution in [1.29, 1.82) is 0 Å². The number of rotatable bonds is 5. The van der Waals surface area contributed by atoms with Crippen molar-refractivity contribution in [3.63, 3.8) is 0 Å². The predicted molar refractivity (Wildman–Crippen MR) is 75.7 cm³/mol. The number of carbonyl (C=O) groups excluding carboxylic acids is 1. The molecule has 0 aliphatic carbocycles. The molecule has 0 saturated carbocycles. The van der Waals surface area contributed by atoms with Crippen molar-refractivity contribution < 1.29 is 4.79 Å². The first-order chi connectivity index (χ1) is 9.25. The van der Waals surface area contributed by atoms with E-state index in [4.69, 9.17) is 0 Å². The molecule has 1 fully saturated rings. The van der Waals surface area contributed by atoms with E-state index in [1.807, 2.05) is 24.2 Å². The summed E-state index contributed by atoms with van der Waals surface area (Å²) in [5.41, 5.74) is 2.34. The Balaban J connectivity index is 1.65. The number of pyridine rings is 1. The van der Waals surface area contributed by atoms with Crippen LogP contribution in [0.25, 0.3) is 0 Å². The third kappa shape index (κ3) is 4.63. The van der Waals surface area contributed by atoms with E-state index in [1.165, 1.54) is 17.5 Å². The van der Waals surface area contributed by atoms with Crippen LogP contribution in [0.3, 0.4) is 0 Å². The van der Waals surface area contributed by atoms with E-state index >= 15 is 0 Å². The van der Waals surface area contributed by atoms with E-state index in [9.17, 15) is 4.79 Å². The minimum absolute atomic E-state index is 0.287. The number of piperidine rings is 1. The van der Waals surface area contributed by atoms with Crippen molar-refractivity contribution in [2.45, 2.75) is 39.2 Å². The van der Waals surface area contributed by atoms with Crippen LogP contribution < -0.4 is 5.32 Å². The summed E-state index contributed by atoms with van der Waals surface area (Å²) in [7, 11) is 0. The molecule has 1 aliphatic heterocycles. The summed E-state index contributed by atoms with van der Waals surface area (Å²) in [4.78, 5) is 18.1. The van der Waals surface area contributed by atoms with Crippen LogP contribution in [0.5, 0.6) is 0 Å². The zero-order valence-electron chi connectivity index (χ0n) is 11.7. The topological polar surface area (TPSA) is 45.2 Å². The lowest BCUT2D eigenvalue weighted by molar-refractivity contribution is -0.131. The zero-order chi connectivity index (χ0) is 13.5. The average Bonchev–Trinajstić information content (AvgIpc) is 2.44. The predicted octanol–water partition coefficient (Wildman–Crippen LogP) is 1.88. The van der Waals surface area contributed by atoms with Gasteiger partial charge in [0.15, 0.2) is 0 Å². The smallest absolute Gasteiger partial charge is 0.223 e. The van der Waals surface area contributed by atoms with Gasteiger partial charge < -0.3 is 10.2 Å². The second-order valence-electron chi connectivity index (χ2n) is 5.24. The molecule has 2 rings (SSSR count). The van der Waals surface area contributed by atoms with Gasteiger partial charge in [-0.05, 0) is 37.3 Å². The Bertz CT molecular complexity index is 414. The second kappa shape index (κ2) is 7.24. The van der Waals surface area contributed by atoms with Crippen LogP contribution in [-0.4, -0.2) is 35.4 Å². The molecule has 104 valence electrons. The molecule has 0 atom stereocenters. The molecule has 0 radical (unpaired) electrons. The van der Waals surface area contributed by atoms with Crippen LogP contribution in [0.4, 0.5) is 0 Å². The number of nitrogens with zero attached hydrogens (tertiary/aromatic N) is 2. The molecule has 1 saturated heterocycles. The maximum Gasteiger partial charge on any atom is 0.223 e. The molecule has 1 amide bonds. The number of carbonyl (C=O) groups is 1. The molecule has 4 nitrogen and oxygen atoms in total. The molecule has 0 unspecified atom stereocenters. The van der Waals surface area contributed by atoms with Gasteiger partial charge in [0, 0.05) is 45.0 Å². The summed E-state index contributed by atoms with van der Waals surface area (Å²) in [5, 5.41) is 3.31. The van der Waals surface area contributed by atoms with E-state index in [1.54, 1.807) is 0 Å². The molecule has 4 heteroatoms. The Kier molecular flexibility index (Phi) is 5.33. The van der Waals surface area contributed by atoms with E-state index in [0.29, 0.717) is 6.42 Å². The number of nitrogens with one attached hydrogen (secondary N) is 1. The molecule has 0 spiro atoms. The van der Waals surface area contributed by atoms with Gasteiger partial charge in [-0.15, -0.1) is 0 Å². The Morgan fingerprint density at radius 2 is 2.11 bits per heavy atom. The number of hydrogen-bond acceptors (Lipinski definition) is 3. The van der Waals surface area contributed by atoms with E-state index in [0.717, 1.165) is 39.0 Å². The number of hydrogen-bond donors (Lipinski definition) is 1. The fraction of sp³-hybridized carbons (Fsp3) is 0.600. The normalized spacial score (nSPS) is 15.5. The standard InChI is InChI=1S/C15H23N3O/c1-13-9-14(12-17-10-13)11-16-6-5-15(19)18-7-3-2-4-8-18/h9-10,12,16H,2-8,11H2,1H3. The molecule has 1 aliphatic rings. The SMILES string of the molecule is Cc1cncc(CNCCC(=O)N2CCCCC2)c1. The number of amides is 1. The first-order valence-electron chi connectivity index (χ1n) is 7.15. The monoisotopic (exact) mass is 261 g/mol. The van der Waals surface area contributed by atoms with E-state index in [2.05, 4.69) is 16.4 Å². The highest BCUT2D eigenvalue weighted by atomic mass is 16.2. The molecule has 1 aromatic rings. The summed E-state index contributed by atoms with van der Waals surface area (Å²) in [5.74, 6) is 0.287. The number of aryl methyl sites for hydroxylation is 1. The first kappa shape index (κ1) is 14.0. The van der Waals surface area contributed by atoms with Crippen molar-refractivity contribution in [3.05, 3.63) is 29.6 Å². The van der Waals surface area contributed by atoms with Crippen LogP contribution in [0.1, 0.15) is 36.8 Å². The zero-order valence-corrected chi connectivity index (χ0v) is 11.7. The Morgan fingerprint density at radius 3 is 2.84 bits per heavy atom. The van der Waals surface area contributed by atoms with E-state index in [-0.39, 0.29) is 5.91 Å². The van der Waals surface area contributed by atoms with Crippen molar-refractivity contribution >= 4 is 5.91 Å². The molecule has 2 heterocycles. The van der Waals surface area contributed by atoms with Crippen molar-refractivity contribution in [2.75, 3.05) is 19.6 Å². The average molecular weight is 261 g/mol. The van der Waals surface area contributed by atoms with Gasteiger partial charge in [-0.2, -0.15) is 0 Å². The van der Waals surface area contributed by atoms with Crippen LogP contribution in [-0.2, 0) is 11.3 Å². The van der Waals surface area contributed by atoms with Gasteiger partial charge in [0.2, 0.25) is 5.91 Å². The van der Waals surface area contributed by atoms with E-state index < -0.39 is 0 Å². The van der Waals surface area contributed by atoms with Gasteiger partial charge in [0.05, 0.1) is 0 Å². The first-order valence-corrected chi connectivity index (χ1v) is 7.15. The largest absolute Gasteiger partial charge is 0.343 e. The molecule has 19 heavy (non-hydrogen) atoms. The van der Waals surface area contributed by atoms with Crippen LogP contribution in [0.2, 0.25) is 0 Å². The van der Waals surface area contributed by atoms with Crippen molar-refractivity contribution in [3.8, 4) is 0 Å². The Morgan fingerprint density at radius 1 is 1.32 bits per heavy atom. The Labute approximate surface area is 115 Å². The summed E-state index contributed by atoms with van der Waals surface area (Å²) < 4.78 is 0. The molecular formula is C15H23N3O. The maximum atomic E-state index is 11.9. The third-order valence-electron chi connectivity index (χ3n) is 3.49. The fourth-order valence-corrected chi connectivity index (χ4v) is 2.44. The lowest BCUT2D eigenvalue weighted by atomic mass is 10.1. The van der Waals surface area contributed by atoms with Crippen molar-refractivity contribution in [1.82, 2.24) is 15.2 Å². The molecule has 0 bridgehead atoms. The van der Waals surface area contributed by atoms with Gasteiger partial charge in [0.25, 0.3) is 0 Å². The van der Waals surface area contributed by atoms with Gasteiger partial charge in [-0.25, -0.2) is 0 Å². The number of likely N-dealkylation sites (tertiary alicyclic amines) is 1.